The smallest absolute Gasteiger partial charge is 0.253 e. The number of halogens is 1. The molecule has 2 aromatic rings. The van der Waals surface area contributed by atoms with Gasteiger partial charge in [-0.2, -0.15) is 0 Å². The maximum Gasteiger partial charge on any atom is 0.253 e. The van der Waals surface area contributed by atoms with E-state index in [1.54, 1.807) is 6.07 Å². The predicted octanol–water partition coefficient (Wildman–Crippen LogP) is 3.07. The number of ether oxygens (including phenoxy) is 1. The van der Waals surface area contributed by atoms with Gasteiger partial charge in [0, 0.05) is 50.9 Å². The van der Waals surface area contributed by atoms with E-state index in [0.29, 0.717) is 37.8 Å². The van der Waals surface area contributed by atoms with Gasteiger partial charge in [0.1, 0.15) is 5.82 Å². The number of hydrogen-bond acceptors (Lipinski definition) is 4. The number of carbonyl (C=O) groups excluding carboxylic acids is 1. The number of morpholine rings is 1. The van der Waals surface area contributed by atoms with Crippen molar-refractivity contribution in [1.29, 1.82) is 0 Å². The van der Waals surface area contributed by atoms with Crippen LogP contribution in [0.15, 0.2) is 54.6 Å². The lowest BCUT2D eigenvalue weighted by Crippen LogP contribution is -2.57. The second-order valence-corrected chi connectivity index (χ2v) is 8.81. The van der Waals surface area contributed by atoms with E-state index >= 15 is 0 Å². The van der Waals surface area contributed by atoms with Gasteiger partial charge >= 0.3 is 0 Å². The summed E-state index contributed by atoms with van der Waals surface area (Å²) in [5.41, 5.74) is 1.87. The number of piperazine rings is 1. The molecule has 0 unspecified atom stereocenters. The van der Waals surface area contributed by atoms with E-state index in [0.717, 1.165) is 25.2 Å². The zero-order valence-corrected chi connectivity index (χ0v) is 17.8. The first-order valence-corrected chi connectivity index (χ1v) is 11.4. The van der Waals surface area contributed by atoms with Crippen LogP contribution in [-0.2, 0) is 16.1 Å². The fraction of sp³-hybridized carbons (Fsp3) is 0.480. The monoisotopic (exact) mass is 423 g/mol. The average molecular weight is 424 g/mol. The summed E-state index contributed by atoms with van der Waals surface area (Å²) >= 11 is 0. The first kappa shape index (κ1) is 20.6. The molecular weight excluding hydrogens is 393 g/mol. The third-order valence-corrected chi connectivity index (χ3v) is 6.73. The van der Waals surface area contributed by atoms with Gasteiger partial charge in [-0.05, 0) is 24.5 Å². The van der Waals surface area contributed by atoms with Crippen molar-refractivity contribution in [3.05, 3.63) is 71.5 Å². The molecule has 5 rings (SSSR count). The van der Waals surface area contributed by atoms with Crippen LogP contribution in [0.25, 0.3) is 0 Å². The average Bonchev–Trinajstić information content (AvgIpc) is 3.66. The first-order chi connectivity index (χ1) is 15.2. The van der Waals surface area contributed by atoms with Crippen molar-refractivity contribution in [2.45, 2.75) is 37.6 Å². The van der Waals surface area contributed by atoms with Crippen LogP contribution in [0.1, 0.15) is 30.0 Å². The molecule has 0 radical (unpaired) electrons. The topological polar surface area (TPSA) is 36.0 Å². The fourth-order valence-electron chi connectivity index (χ4n) is 4.90. The van der Waals surface area contributed by atoms with Crippen LogP contribution in [0.4, 0.5) is 4.39 Å². The standard InChI is InChI=1S/C25H30FN3O2/c26-22-9-5-4-8-20(22)18-27-12-14-28(15-13-27)25(30)24-23(19-6-2-1-3-7-19)29(16-17-31-24)21-10-11-21/h1-9,21,23-24H,10-18H2/t23-,24+/m0/s1. The van der Waals surface area contributed by atoms with E-state index in [2.05, 4.69) is 21.9 Å². The summed E-state index contributed by atoms with van der Waals surface area (Å²) in [6.07, 6.45) is 1.95. The van der Waals surface area contributed by atoms with Crippen molar-refractivity contribution in [2.75, 3.05) is 39.3 Å². The maximum atomic E-state index is 14.0. The largest absolute Gasteiger partial charge is 0.365 e. The third-order valence-electron chi connectivity index (χ3n) is 6.73. The molecule has 2 saturated heterocycles. The van der Waals surface area contributed by atoms with Crippen molar-refractivity contribution in [1.82, 2.24) is 14.7 Å². The van der Waals surface area contributed by atoms with Gasteiger partial charge in [0.05, 0.1) is 12.6 Å². The molecule has 6 heteroatoms. The molecule has 1 amide bonds. The summed E-state index contributed by atoms with van der Waals surface area (Å²) in [6.45, 7) is 4.85. The van der Waals surface area contributed by atoms with Crippen molar-refractivity contribution < 1.29 is 13.9 Å². The summed E-state index contributed by atoms with van der Waals surface area (Å²) < 4.78 is 20.1. The normalized spacial score (nSPS) is 25.5. The Hall–Kier alpha value is -2.28. The minimum absolute atomic E-state index is 0.0219. The number of carbonyl (C=O) groups is 1. The first-order valence-electron chi connectivity index (χ1n) is 11.4. The molecule has 2 aliphatic heterocycles. The minimum Gasteiger partial charge on any atom is -0.365 e. The van der Waals surface area contributed by atoms with Crippen LogP contribution in [-0.4, -0.2) is 72.1 Å². The Morgan fingerprint density at radius 3 is 2.35 bits per heavy atom. The molecular formula is C25H30FN3O2. The van der Waals surface area contributed by atoms with Crippen LogP contribution >= 0.6 is 0 Å². The van der Waals surface area contributed by atoms with Gasteiger partial charge in [-0.1, -0.05) is 48.5 Å². The van der Waals surface area contributed by atoms with E-state index in [1.165, 1.54) is 18.9 Å². The fourth-order valence-corrected chi connectivity index (χ4v) is 4.90. The molecule has 3 aliphatic rings. The van der Waals surface area contributed by atoms with E-state index in [1.807, 2.05) is 35.2 Å². The highest BCUT2D eigenvalue weighted by atomic mass is 19.1. The highest BCUT2D eigenvalue weighted by Gasteiger charge is 2.45. The highest BCUT2D eigenvalue weighted by molar-refractivity contribution is 5.82. The van der Waals surface area contributed by atoms with E-state index in [9.17, 15) is 9.18 Å². The van der Waals surface area contributed by atoms with E-state index in [4.69, 9.17) is 4.74 Å². The Bertz CT molecular complexity index is 897. The molecule has 2 atom stereocenters. The van der Waals surface area contributed by atoms with Gasteiger partial charge in [0.2, 0.25) is 0 Å². The quantitative estimate of drug-likeness (QED) is 0.741. The highest BCUT2D eigenvalue weighted by Crippen LogP contribution is 2.39. The van der Waals surface area contributed by atoms with Crippen molar-refractivity contribution in [3.63, 3.8) is 0 Å². The van der Waals surface area contributed by atoms with Crippen molar-refractivity contribution in [2.24, 2.45) is 0 Å². The third kappa shape index (κ3) is 4.52. The molecule has 1 saturated carbocycles. The molecule has 164 valence electrons. The number of amides is 1. The zero-order valence-electron chi connectivity index (χ0n) is 17.8. The van der Waals surface area contributed by atoms with Crippen LogP contribution in [0, 0.1) is 5.82 Å². The maximum absolute atomic E-state index is 14.0. The number of benzene rings is 2. The number of nitrogens with zero attached hydrogens (tertiary/aromatic N) is 3. The molecule has 5 nitrogen and oxygen atoms in total. The van der Waals surface area contributed by atoms with Gasteiger partial charge in [-0.25, -0.2) is 4.39 Å². The lowest BCUT2D eigenvalue weighted by molar-refractivity contribution is -0.159. The lowest BCUT2D eigenvalue weighted by atomic mass is 9.96. The Labute approximate surface area is 183 Å². The summed E-state index contributed by atoms with van der Waals surface area (Å²) in [4.78, 5) is 20.2. The predicted molar refractivity (Wildman–Crippen MR) is 117 cm³/mol. The van der Waals surface area contributed by atoms with Crippen molar-refractivity contribution in [3.8, 4) is 0 Å². The van der Waals surface area contributed by atoms with Crippen LogP contribution in [0.3, 0.4) is 0 Å². The molecule has 0 aromatic heterocycles. The minimum atomic E-state index is -0.463. The van der Waals surface area contributed by atoms with Gasteiger partial charge in [-0.3, -0.25) is 14.6 Å². The molecule has 0 N–H and O–H groups in total. The summed E-state index contributed by atoms with van der Waals surface area (Å²) in [5, 5.41) is 0. The molecule has 0 spiro atoms. The Morgan fingerprint density at radius 2 is 1.65 bits per heavy atom. The van der Waals surface area contributed by atoms with Crippen LogP contribution in [0.5, 0.6) is 0 Å². The van der Waals surface area contributed by atoms with Crippen LogP contribution < -0.4 is 0 Å². The van der Waals surface area contributed by atoms with Gasteiger partial charge in [0.25, 0.3) is 5.91 Å². The van der Waals surface area contributed by atoms with E-state index in [-0.39, 0.29) is 17.8 Å². The van der Waals surface area contributed by atoms with Crippen molar-refractivity contribution >= 4 is 5.91 Å². The van der Waals surface area contributed by atoms with Gasteiger partial charge < -0.3 is 9.64 Å². The summed E-state index contributed by atoms with van der Waals surface area (Å²) in [5.74, 6) is -0.0766. The molecule has 31 heavy (non-hydrogen) atoms. The zero-order chi connectivity index (χ0) is 21.2. The van der Waals surface area contributed by atoms with Gasteiger partial charge in [-0.15, -0.1) is 0 Å². The van der Waals surface area contributed by atoms with E-state index < -0.39 is 6.10 Å². The second kappa shape index (κ2) is 9.07. The Balaban J connectivity index is 1.26. The second-order valence-electron chi connectivity index (χ2n) is 8.81. The number of hydrogen-bond donors (Lipinski definition) is 0. The SMILES string of the molecule is O=C([C@@H]1OCCN(C2CC2)[C@H]1c1ccccc1)N1CCN(Cc2ccccc2F)CC1. The summed E-state index contributed by atoms with van der Waals surface area (Å²) in [7, 11) is 0. The lowest BCUT2D eigenvalue weighted by Gasteiger charge is -2.44. The molecule has 1 aliphatic carbocycles. The summed E-state index contributed by atoms with van der Waals surface area (Å²) in [6, 6.07) is 17.8. The van der Waals surface area contributed by atoms with Crippen LogP contribution in [0.2, 0.25) is 0 Å². The molecule has 2 heterocycles. The Kier molecular flexibility index (Phi) is 6.03. The van der Waals surface area contributed by atoms with Gasteiger partial charge in [0.15, 0.2) is 6.10 Å². The molecule has 2 aromatic carbocycles. The number of rotatable bonds is 5. The molecule has 0 bridgehead atoms. The molecule has 3 fully saturated rings. The Morgan fingerprint density at radius 1 is 0.935 bits per heavy atom.